The molecule has 0 saturated carbocycles. The van der Waals surface area contributed by atoms with Crippen molar-refractivity contribution in [2.75, 3.05) is 6.54 Å². The van der Waals surface area contributed by atoms with Crippen LogP contribution >= 0.6 is 11.3 Å². The molecule has 2 aromatic heterocycles. The molecule has 3 aromatic rings. The van der Waals surface area contributed by atoms with Gasteiger partial charge in [0.05, 0.1) is 11.7 Å². The van der Waals surface area contributed by atoms with Crippen LogP contribution in [0.25, 0.3) is 16.6 Å². The van der Waals surface area contributed by atoms with E-state index < -0.39 is 0 Å². The zero-order valence-electron chi connectivity index (χ0n) is 16.4. The van der Waals surface area contributed by atoms with Gasteiger partial charge in [0.2, 0.25) is 5.91 Å². The molecule has 150 valence electrons. The molecule has 1 aliphatic heterocycles. The first-order valence-electron chi connectivity index (χ1n) is 9.93. The summed E-state index contributed by atoms with van der Waals surface area (Å²) in [6, 6.07) is 10.5. The molecule has 4 nitrogen and oxygen atoms in total. The number of aromatic nitrogens is 2. The van der Waals surface area contributed by atoms with Crippen molar-refractivity contribution in [2.45, 2.75) is 31.7 Å². The molecule has 1 atom stereocenters. The molecule has 0 bridgehead atoms. The van der Waals surface area contributed by atoms with E-state index in [1.54, 1.807) is 24.3 Å². The highest BCUT2D eigenvalue weighted by atomic mass is 32.1. The lowest BCUT2D eigenvalue weighted by atomic mass is 10.1. The number of halogens is 1. The van der Waals surface area contributed by atoms with Gasteiger partial charge in [0.25, 0.3) is 0 Å². The molecule has 1 aromatic carbocycles. The highest BCUT2D eigenvalue weighted by Crippen LogP contribution is 2.31. The number of hydrogen-bond acceptors (Lipinski definition) is 3. The quantitative estimate of drug-likeness (QED) is 0.538. The topological polar surface area (TPSA) is 38.1 Å². The highest BCUT2D eigenvalue weighted by molar-refractivity contribution is 7.13. The summed E-state index contributed by atoms with van der Waals surface area (Å²) in [5.41, 5.74) is 2.80. The fraction of sp³-hybridized carbons (Fsp3) is 0.304. The largest absolute Gasteiger partial charge is 0.353 e. The van der Waals surface area contributed by atoms with Crippen LogP contribution in [0, 0.1) is 5.82 Å². The highest BCUT2D eigenvalue weighted by Gasteiger charge is 2.27. The monoisotopic (exact) mass is 409 g/mol. The first kappa shape index (κ1) is 19.6. The van der Waals surface area contributed by atoms with Crippen molar-refractivity contribution in [1.29, 1.82) is 0 Å². The van der Waals surface area contributed by atoms with Gasteiger partial charge in [-0.3, -0.25) is 4.79 Å². The SMILES string of the molecule is Cn1cccc1[C@@H]1CCCCCN1C(=O)/C=C\c1csc(-c2ccc(F)cc2)n1. The second-order valence-corrected chi connectivity index (χ2v) is 8.22. The Balaban J connectivity index is 1.50. The average Bonchev–Trinajstić information content (AvgIpc) is 3.29. The number of hydrogen-bond donors (Lipinski definition) is 0. The molecule has 0 spiro atoms. The van der Waals surface area contributed by atoms with Crippen LogP contribution in [0.3, 0.4) is 0 Å². The molecule has 1 amide bonds. The van der Waals surface area contributed by atoms with Crippen LogP contribution in [0.2, 0.25) is 0 Å². The van der Waals surface area contributed by atoms with E-state index in [9.17, 15) is 9.18 Å². The van der Waals surface area contributed by atoms with Gasteiger partial charge in [-0.15, -0.1) is 11.3 Å². The summed E-state index contributed by atoms with van der Waals surface area (Å²) < 4.78 is 15.2. The van der Waals surface area contributed by atoms with Crippen LogP contribution in [-0.4, -0.2) is 26.9 Å². The standard InChI is InChI=1S/C23H24FN3OS/c1-26-14-5-7-20(26)21-6-3-2-4-15-27(21)22(28)13-12-19-16-29-23(25-19)17-8-10-18(24)11-9-17/h5,7-14,16,21H,2-4,6,15H2,1H3/b13-12-/t21-/m0/s1. The number of likely N-dealkylation sites (tertiary alicyclic amines) is 1. The normalized spacial score (nSPS) is 17.6. The number of nitrogens with zero attached hydrogens (tertiary/aromatic N) is 3. The predicted octanol–water partition coefficient (Wildman–Crippen LogP) is 5.44. The van der Waals surface area contributed by atoms with Crippen LogP contribution in [0.15, 0.2) is 54.1 Å². The minimum absolute atomic E-state index is 0.0226. The molecule has 1 aliphatic rings. The van der Waals surface area contributed by atoms with E-state index >= 15 is 0 Å². The molecule has 4 rings (SSSR count). The summed E-state index contributed by atoms with van der Waals surface area (Å²) in [5.74, 6) is -0.240. The van der Waals surface area contributed by atoms with Crippen molar-refractivity contribution in [1.82, 2.24) is 14.5 Å². The number of carbonyl (C=O) groups excluding carboxylic acids is 1. The third-order valence-electron chi connectivity index (χ3n) is 5.37. The molecular weight excluding hydrogens is 385 g/mol. The van der Waals surface area contributed by atoms with Crippen molar-refractivity contribution in [3.63, 3.8) is 0 Å². The van der Waals surface area contributed by atoms with Gasteiger partial charge in [-0.05, 0) is 55.3 Å². The van der Waals surface area contributed by atoms with Crippen LogP contribution in [0.1, 0.15) is 43.1 Å². The Morgan fingerprint density at radius 1 is 1.21 bits per heavy atom. The van der Waals surface area contributed by atoms with E-state index in [2.05, 4.69) is 15.6 Å². The molecular formula is C23H24FN3OS. The Kier molecular flexibility index (Phi) is 5.90. The first-order valence-corrected chi connectivity index (χ1v) is 10.8. The van der Waals surface area contributed by atoms with Gasteiger partial charge in [-0.1, -0.05) is 12.8 Å². The van der Waals surface area contributed by atoms with Gasteiger partial charge in [0, 0.05) is 42.5 Å². The fourth-order valence-corrected chi connectivity index (χ4v) is 4.63. The van der Waals surface area contributed by atoms with E-state index in [1.165, 1.54) is 29.2 Å². The van der Waals surface area contributed by atoms with Crippen molar-refractivity contribution in [3.05, 3.63) is 71.3 Å². The molecule has 0 radical (unpaired) electrons. The minimum atomic E-state index is -0.263. The van der Waals surface area contributed by atoms with Crippen LogP contribution in [0.4, 0.5) is 4.39 Å². The smallest absolute Gasteiger partial charge is 0.247 e. The number of aryl methyl sites for hydroxylation is 1. The summed E-state index contributed by atoms with van der Waals surface area (Å²) >= 11 is 1.49. The third kappa shape index (κ3) is 4.48. The summed E-state index contributed by atoms with van der Waals surface area (Å²) in [7, 11) is 2.03. The van der Waals surface area contributed by atoms with Crippen molar-refractivity contribution >= 4 is 23.3 Å². The average molecular weight is 410 g/mol. The number of amides is 1. The van der Waals surface area contributed by atoms with Crippen LogP contribution < -0.4 is 0 Å². The molecule has 1 saturated heterocycles. The lowest BCUT2D eigenvalue weighted by Gasteiger charge is -2.29. The van der Waals surface area contributed by atoms with Gasteiger partial charge >= 0.3 is 0 Å². The molecule has 0 N–H and O–H groups in total. The molecule has 6 heteroatoms. The maximum absolute atomic E-state index is 13.1. The first-order chi connectivity index (χ1) is 14.1. The molecule has 29 heavy (non-hydrogen) atoms. The van der Waals surface area contributed by atoms with Gasteiger partial charge in [-0.25, -0.2) is 9.37 Å². The molecule has 3 heterocycles. The summed E-state index contributed by atoms with van der Waals surface area (Å²) in [6.07, 6.45) is 9.75. The van der Waals surface area contributed by atoms with Crippen molar-refractivity contribution < 1.29 is 9.18 Å². The zero-order valence-corrected chi connectivity index (χ0v) is 17.2. The maximum Gasteiger partial charge on any atom is 0.247 e. The Bertz CT molecular complexity index is 1010. The summed E-state index contributed by atoms with van der Waals surface area (Å²) in [6.45, 7) is 0.775. The second kappa shape index (κ2) is 8.74. The number of rotatable bonds is 4. The lowest BCUT2D eigenvalue weighted by molar-refractivity contribution is -0.128. The van der Waals surface area contributed by atoms with Crippen LogP contribution in [-0.2, 0) is 11.8 Å². The van der Waals surface area contributed by atoms with Crippen LogP contribution in [0.5, 0.6) is 0 Å². The Morgan fingerprint density at radius 2 is 2.03 bits per heavy atom. The molecule has 0 aliphatic carbocycles. The second-order valence-electron chi connectivity index (χ2n) is 7.36. The third-order valence-corrected chi connectivity index (χ3v) is 6.28. The number of carbonyl (C=O) groups is 1. The number of benzene rings is 1. The zero-order chi connectivity index (χ0) is 20.2. The van der Waals surface area contributed by atoms with E-state index in [0.717, 1.165) is 48.5 Å². The summed E-state index contributed by atoms with van der Waals surface area (Å²) in [5, 5.41) is 2.73. The van der Waals surface area contributed by atoms with E-state index in [-0.39, 0.29) is 17.8 Å². The lowest BCUT2D eigenvalue weighted by Crippen LogP contribution is -2.34. The van der Waals surface area contributed by atoms with E-state index in [4.69, 9.17) is 0 Å². The van der Waals surface area contributed by atoms with E-state index in [0.29, 0.717) is 0 Å². The Labute approximate surface area is 174 Å². The van der Waals surface area contributed by atoms with Crippen molar-refractivity contribution in [2.24, 2.45) is 7.05 Å². The Morgan fingerprint density at radius 3 is 2.79 bits per heavy atom. The molecule has 0 unspecified atom stereocenters. The summed E-state index contributed by atoms with van der Waals surface area (Å²) in [4.78, 5) is 19.6. The molecule has 1 fully saturated rings. The predicted molar refractivity (Wildman–Crippen MR) is 115 cm³/mol. The van der Waals surface area contributed by atoms with Gasteiger partial charge in [0.15, 0.2) is 0 Å². The van der Waals surface area contributed by atoms with Gasteiger partial charge in [0.1, 0.15) is 10.8 Å². The van der Waals surface area contributed by atoms with Gasteiger partial charge in [-0.2, -0.15) is 0 Å². The minimum Gasteiger partial charge on any atom is -0.353 e. The fourth-order valence-electron chi connectivity index (χ4n) is 3.84. The van der Waals surface area contributed by atoms with Crippen molar-refractivity contribution in [3.8, 4) is 10.6 Å². The maximum atomic E-state index is 13.1. The Hall–Kier alpha value is -2.73. The van der Waals surface area contributed by atoms with Gasteiger partial charge < -0.3 is 9.47 Å². The number of thiazole rings is 1. The van der Waals surface area contributed by atoms with E-state index in [1.807, 2.05) is 29.6 Å².